The van der Waals surface area contributed by atoms with Crippen molar-refractivity contribution >= 4 is 29.3 Å². The maximum Gasteiger partial charge on any atom is 0.409 e. The first-order chi connectivity index (χ1) is 10.5. The zero-order chi connectivity index (χ0) is 16.1. The van der Waals surface area contributed by atoms with Gasteiger partial charge in [0.05, 0.1) is 23.2 Å². The largest absolute Gasteiger partial charge is 0.450 e. The molecule has 0 saturated carbocycles. The minimum absolute atomic E-state index is 0.117. The zero-order valence-electron chi connectivity index (χ0n) is 12.3. The van der Waals surface area contributed by atoms with Crippen LogP contribution in [0.25, 0.3) is 0 Å². The molecule has 120 valence electrons. The van der Waals surface area contributed by atoms with E-state index in [9.17, 15) is 14.0 Å². The molecule has 1 N–H and O–H groups in total. The van der Waals surface area contributed by atoms with Crippen LogP contribution >= 0.6 is 11.6 Å². The number of nitrogens with one attached hydrogen (secondary N) is 1. The fraction of sp³-hybridized carbons (Fsp3) is 0.467. The number of nitrogens with zero attached hydrogens (tertiary/aromatic N) is 1. The van der Waals surface area contributed by atoms with Crippen molar-refractivity contribution < 1.29 is 18.7 Å². The van der Waals surface area contributed by atoms with Gasteiger partial charge in [-0.25, -0.2) is 9.18 Å². The summed E-state index contributed by atoms with van der Waals surface area (Å²) in [5.41, 5.74) is 0.236. The number of likely N-dealkylation sites (tertiary alicyclic amines) is 1. The summed E-state index contributed by atoms with van der Waals surface area (Å²) >= 11 is 5.82. The predicted molar refractivity (Wildman–Crippen MR) is 81.4 cm³/mol. The van der Waals surface area contributed by atoms with Gasteiger partial charge < -0.3 is 15.0 Å². The lowest BCUT2D eigenvalue weighted by Gasteiger charge is -2.31. The Bertz CT molecular complexity index is 568. The van der Waals surface area contributed by atoms with E-state index >= 15 is 0 Å². The van der Waals surface area contributed by atoms with Crippen LogP contribution in [0.2, 0.25) is 5.02 Å². The second-order valence-electron chi connectivity index (χ2n) is 5.07. The van der Waals surface area contributed by atoms with Crippen molar-refractivity contribution in [3.05, 3.63) is 29.0 Å². The first kappa shape index (κ1) is 16.5. The van der Waals surface area contributed by atoms with Crippen LogP contribution in [0.5, 0.6) is 0 Å². The standard InChI is InChI=1S/C15H18ClFN2O3/c1-2-22-15(21)19-8-4-5-10(9-19)14(20)18-12-7-3-6-11(17)13(12)16/h3,6-7,10H,2,4-5,8-9H2,1H3,(H,18,20)/t10-/m0/s1. The smallest absolute Gasteiger partial charge is 0.409 e. The van der Waals surface area contributed by atoms with Crippen molar-refractivity contribution in [2.24, 2.45) is 5.92 Å². The first-order valence-electron chi connectivity index (χ1n) is 7.19. The fourth-order valence-electron chi connectivity index (χ4n) is 2.41. The maximum atomic E-state index is 13.4. The fourth-order valence-corrected chi connectivity index (χ4v) is 2.58. The van der Waals surface area contributed by atoms with Gasteiger partial charge in [0, 0.05) is 13.1 Å². The first-order valence-corrected chi connectivity index (χ1v) is 7.57. The highest BCUT2D eigenvalue weighted by Crippen LogP contribution is 2.26. The Hall–Kier alpha value is -1.82. The Morgan fingerprint density at radius 1 is 1.50 bits per heavy atom. The number of carbonyl (C=O) groups excluding carboxylic acids is 2. The van der Waals surface area contributed by atoms with E-state index in [-0.39, 0.29) is 29.1 Å². The predicted octanol–water partition coefficient (Wildman–Crippen LogP) is 3.29. The van der Waals surface area contributed by atoms with Crippen molar-refractivity contribution in [1.82, 2.24) is 4.90 Å². The van der Waals surface area contributed by atoms with Crippen LogP contribution in [0, 0.1) is 11.7 Å². The third-order valence-corrected chi connectivity index (χ3v) is 3.91. The van der Waals surface area contributed by atoms with E-state index in [1.807, 2.05) is 0 Å². The molecule has 22 heavy (non-hydrogen) atoms. The maximum absolute atomic E-state index is 13.4. The Morgan fingerprint density at radius 2 is 2.27 bits per heavy atom. The molecule has 0 aromatic heterocycles. The molecule has 1 aromatic carbocycles. The molecule has 7 heteroatoms. The van der Waals surface area contributed by atoms with Gasteiger partial charge in [-0.1, -0.05) is 17.7 Å². The van der Waals surface area contributed by atoms with E-state index < -0.39 is 11.9 Å². The number of piperidine rings is 1. The van der Waals surface area contributed by atoms with Crippen LogP contribution in [0.3, 0.4) is 0 Å². The summed E-state index contributed by atoms with van der Waals surface area (Å²) in [6.07, 6.45) is 0.964. The number of halogens is 2. The van der Waals surface area contributed by atoms with Gasteiger partial charge >= 0.3 is 6.09 Å². The third-order valence-electron chi connectivity index (χ3n) is 3.53. The van der Waals surface area contributed by atoms with Gasteiger partial charge in [-0.2, -0.15) is 0 Å². The summed E-state index contributed by atoms with van der Waals surface area (Å²) in [5, 5.41) is 2.51. The Morgan fingerprint density at radius 3 is 3.00 bits per heavy atom. The van der Waals surface area contributed by atoms with Crippen LogP contribution in [-0.2, 0) is 9.53 Å². The van der Waals surface area contributed by atoms with E-state index in [1.165, 1.54) is 23.1 Å². The average molecular weight is 329 g/mol. The minimum atomic E-state index is -0.587. The molecule has 1 aliphatic rings. The van der Waals surface area contributed by atoms with Crippen molar-refractivity contribution in [2.45, 2.75) is 19.8 Å². The number of amides is 2. The number of hydrogen-bond donors (Lipinski definition) is 1. The molecule has 5 nitrogen and oxygen atoms in total. The summed E-state index contributed by atoms with van der Waals surface area (Å²) in [7, 11) is 0. The number of hydrogen-bond acceptors (Lipinski definition) is 3. The summed E-state index contributed by atoms with van der Waals surface area (Å²) in [6, 6.07) is 4.24. The number of carbonyl (C=O) groups is 2. The van der Waals surface area contributed by atoms with Gasteiger partial charge in [0.1, 0.15) is 5.82 Å². The second-order valence-corrected chi connectivity index (χ2v) is 5.45. The molecule has 1 aromatic rings. The molecule has 1 atom stereocenters. The lowest BCUT2D eigenvalue weighted by molar-refractivity contribution is -0.121. The summed E-state index contributed by atoms with van der Waals surface area (Å²) in [5.74, 6) is -1.23. The molecule has 1 heterocycles. The van der Waals surface area contributed by atoms with Crippen molar-refractivity contribution in [2.75, 3.05) is 25.0 Å². The Labute approximate surface area is 133 Å². The third kappa shape index (κ3) is 3.88. The molecule has 0 radical (unpaired) electrons. The molecule has 1 fully saturated rings. The lowest BCUT2D eigenvalue weighted by Crippen LogP contribution is -2.44. The van der Waals surface area contributed by atoms with E-state index in [1.54, 1.807) is 6.92 Å². The van der Waals surface area contributed by atoms with Crippen LogP contribution < -0.4 is 5.32 Å². The van der Waals surface area contributed by atoms with Gasteiger partial charge in [-0.05, 0) is 31.9 Å². The quantitative estimate of drug-likeness (QED) is 0.926. The van der Waals surface area contributed by atoms with E-state index in [0.29, 0.717) is 26.0 Å². The molecular weight excluding hydrogens is 311 g/mol. The highest BCUT2D eigenvalue weighted by Gasteiger charge is 2.29. The lowest BCUT2D eigenvalue weighted by atomic mass is 9.97. The second kappa shape index (κ2) is 7.45. The Kier molecular flexibility index (Phi) is 5.60. The molecule has 0 bridgehead atoms. The summed E-state index contributed by atoms with van der Waals surface area (Å²) in [4.78, 5) is 25.5. The van der Waals surface area contributed by atoms with Gasteiger partial charge in [-0.3, -0.25) is 4.79 Å². The normalized spacial score (nSPS) is 18.0. The molecule has 1 aliphatic heterocycles. The van der Waals surface area contributed by atoms with Gasteiger partial charge in [0.2, 0.25) is 5.91 Å². The molecule has 0 unspecified atom stereocenters. The molecule has 2 amide bonds. The molecule has 0 spiro atoms. The topological polar surface area (TPSA) is 58.6 Å². The van der Waals surface area contributed by atoms with Gasteiger partial charge in [-0.15, -0.1) is 0 Å². The zero-order valence-corrected chi connectivity index (χ0v) is 13.0. The van der Waals surface area contributed by atoms with Gasteiger partial charge in [0.25, 0.3) is 0 Å². The average Bonchev–Trinajstić information content (AvgIpc) is 2.52. The summed E-state index contributed by atoms with van der Waals surface area (Å²) < 4.78 is 18.3. The van der Waals surface area contributed by atoms with E-state index in [4.69, 9.17) is 16.3 Å². The van der Waals surface area contributed by atoms with Crippen LogP contribution in [0.4, 0.5) is 14.9 Å². The summed E-state index contributed by atoms with van der Waals surface area (Å²) in [6.45, 7) is 2.89. The molecular formula is C15H18ClFN2O3. The number of anilines is 1. The number of rotatable bonds is 3. The van der Waals surface area contributed by atoms with E-state index in [0.717, 1.165) is 0 Å². The van der Waals surface area contributed by atoms with Crippen molar-refractivity contribution in [1.29, 1.82) is 0 Å². The number of benzene rings is 1. The molecule has 0 aliphatic carbocycles. The van der Waals surface area contributed by atoms with Crippen molar-refractivity contribution in [3.63, 3.8) is 0 Å². The van der Waals surface area contributed by atoms with E-state index in [2.05, 4.69) is 5.32 Å². The van der Waals surface area contributed by atoms with Crippen LogP contribution in [0.1, 0.15) is 19.8 Å². The SMILES string of the molecule is CCOC(=O)N1CCC[C@H](C(=O)Nc2cccc(F)c2Cl)C1. The van der Waals surface area contributed by atoms with Crippen molar-refractivity contribution in [3.8, 4) is 0 Å². The highest BCUT2D eigenvalue weighted by atomic mass is 35.5. The molecule has 2 rings (SSSR count). The van der Waals surface area contributed by atoms with Crippen LogP contribution in [0.15, 0.2) is 18.2 Å². The monoisotopic (exact) mass is 328 g/mol. The Balaban J connectivity index is 2.00. The number of ether oxygens (including phenoxy) is 1. The van der Waals surface area contributed by atoms with Gasteiger partial charge in [0.15, 0.2) is 0 Å². The highest BCUT2D eigenvalue weighted by molar-refractivity contribution is 6.33. The molecule has 1 saturated heterocycles. The van der Waals surface area contributed by atoms with Crippen LogP contribution in [-0.4, -0.2) is 36.6 Å². The minimum Gasteiger partial charge on any atom is -0.450 e.